The lowest BCUT2D eigenvalue weighted by atomic mass is 10.3. The first-order chi connectivity index (χ1) is 7.22. The summed E-state index contributed by atoms with van der Waals surface area (Å²) in [6, 6.07) is 1.33. The third-order valence-corrected chi connectivity index (χ3v) is 2.16. The van der Waals surface area contributed by atoms with E-state index < -0.39 is 4.92 Å². The summed E-state index contributed by atoms with van der Waals surface area (Å²) in [6.45, 7) is 0.143. The number of nitro groups is 1. The lowest BCUT2D eigenvalue weighted by molar-refractivity contribution is -0.386. The summed E-state index contributed by atoms with van der Waals surface area (Å²) < 4.78 is 5.46. The predicted octanol–water partition coefficient (Wildman–Crippen LogP) is 0.990. The molecule has 6 heteroatoms. The molecule has 80 valence electrons. The summed E-state index contributed by atoms with van der Waals surface area (Å²) in [5.41, 5.74) is 5.83. The molecular formula is C9H11N3O3. The highest BCUT2D eigenvalue weighted by atomic mass is 16.6. The van der Waals surface area contributed by atoms with Gasteiger partial charge in [-0.15, -0.1) is 0 Å². The molecule has 2 rings (SSSR count). The first-order valence-corrected chi connectivity index (χ1v) is 4.71. The van der Waals surface area contributed by atoms with Gasteiger partial charge in [0.2, 0.25) is 5.75 Å². The van der Waals surface area contributed by atoms with Crippen molar-refractivity contribution >= 4 is 5.69 Å². The molecule has 0 bridgehead atoms. The molecule has 0 atom stereocenters. The van der Waals surface area contributed by atoms with E-state index in [0.29, 0.717) is 5.69 Å². The number of nitrogens with zero attached hydrogens (tertiary/aromatic N) is 2. The van der Waals surface area contributed by atoms with Gasteiger partial charge < -0.3 is 10.5 Å². The second-order valence-electron chi connectivity index (χ2n) is 3.38. The Hall–Kier alpha value is -1.69. The third kappa shape index (κ3) is 2.04. The summed E-state index contributed by atoms with van der Waals surface area (Å²) in [5, 5.41) is 10.7. The van der Waals surface area contributed by atoms with Crippen LogP contribution in [0.1, 0.15) is 18.5 Å². The maximum Gasteiger partial charge on any atom is 0.314 e. The molecule has 0 spiro atoms. The van der Waals surface area contributed by atoms with Gasteiger partial charge in [-0.25, -0.2) is 0 Å². The number of ether oxygens (including phenoxy) is 1. The van der Waals surface area contributed by atoms with E-state index in [-0.39, 0.29) is 24.1 Å². The van der Waals surface area contributed by atoms with Crippen molar-refractivity contribution in [1.82, 2.24) is 4.98 Å². The maximum atomic E-state index is 10.7. The van der Waals surface area contributed by atoms with Crippen molar-refractivity contribution < 1.29 is 9.66 Å². The Kier molecular flexibility index (Phi) is 2.51. The van der Waals surface area contributed by atoms with Gasteiger partial charge in [0, 0.05) is 18.8 Å². The first kappa shape index (κ1) is 9.85. The number of aromatic nitrogens is 1. The largest absolute Gasteiger partial charge is 0.482 e. The fraction of sp³-hybridized carbons (Fsp3) is 0.444. The minimum atomic E-state index is -0.474. The van der Waals surface area contributed by atoms with E-state index in [4.69, 9.17) is 10.5 Å². The molecule has 0 saturated heterocycles. The number of rotatable bonds is 4. The standard InChI is InChI=1S/C9H11N3O3/c10-5-7-9(15-6-1-2-6)8(12(13)14)3-4-11-7/h3-4,6H,1-2,5,10H2. The minimum Gasteiger partial charge on any atom is -0.482 e. The molecule has 15 heavy (non-hydrogen) atoms. The van der Waals surface area contributed by atoms with Gasteiger partial charge in [0.15, 0.2) is 0 Å². The number of hydrogen-bond acceptors (Lipinski definition) is 5. The Labute approximate surface area is 86.2 Å². The fourth-order valence-electron chi connectivity index (χ4n) is 1.25. The zero-order valence-electron chi connectivity index (χ0n) is 8.05. The second kappa shape index (κ2) is 3.82. The molecule has 1 fully saturated rings. The van der Waals surface area contributed by atoms with Crippen LogP contribution in [0.4, 0.5) is 5.69 Å². The van der Waals surface area contributed by atoms with Crippen LogP contribution in [0.5, 0.6) is 5.75 Å². The molecule has 2 N–H and O–H groups in total. The van der Waals surface area contributed by atoms with E-state index in [1.807, 2.05) is 0 Å². The average Bonchev–Trinajstić information content (AvgIpc) is 3.01. The number of nitrogens with two attached hydrogens (primary N) is 1. The lowest BCUT2D eigenvalue weighted by Crippen LogP contribution is -2.08. The highest BCUT2D eigenvalue weighted by Crippen LogP contribution is 2.34. The smallest absolute Gasteiger partial charge is 0.314 e. The van der Waals surface area contributed by atoms with Crippen molar-refractivity contribution in [2.45, 2.75) is 25.5 Å². The first-order valence-electron chi connectivity index (χ1n) is 4.71. The van der Waals surface area contributed by atoms with Crippen molar-refractivity contribution in [2.24, 2.45) is 5.73 Å². The second-order valence-corrected chi connectivity index (χ2v) is 3.38. The topological polar surface area (TPSA) is 91.3 Å². The van der Waals surface area contributed by atoms with Crippen LogP contribution in [-0.4, -0.2) is 16.0 Å². The average molecular weight is 209 g/mol. The van der Waals surface area contributed by atoms with Crippen LogP contribution in [0.3, 0.4) is 0 Å². The summed E-state index contributed by atoms with van der Waals surface area (Å²) in [4.78, 5) is 14.2. The van der Waals surface area contributed by atoms with Crippen LogP contribution < -0.4 is 10.5 Å². The van der Waals surface area contributed by atoms with Crippen LogP contribution in [0.15, 0.2) is 12.3 Å². The molecule has 1 heterocycles. The van der Waals surface area contributed by atoms with Gasteiger partial charge in [-0.2, -0.15) is 0 Å². The Bertz CT molecular complexity index is 390. The number of hydrogen-bond donors (Lipinski definition) is 1. The van der Waals surface area contributed by atoms with E-state index in [9.17, 15) is 10.1 Å². The molecule has 0 aliphatic heterocycles. The van der Waals surface area contributed by atoms with Gasteiger partial charge in [0.05, 0.1) is 11.0 Å². The van der Waals surface area contributed by atoms with Crippen molar-refractivity contribution in [1.29, 1.82) is 0 Å². The van der Waals surface area contributed by atoms with E-state index in [1.165, 1.54) is 12.3 Å². The SMILES string of the molecule is NCc1nccc([N+](=O)[O-])c1OC1CC1. The van der Waals surface area contributed by atoms with Gasteiger partial charge in [0.25, 0.3) is 0 Å². The Morgan fingerprint density at radius 1 is 1.67 bits per heavy atom. The fourth-order valence-corrected chi connectivity index (χ4v) is 1.25. The summed E-state index contributed by atoms with van der Waals surface area (Å²) >= 11 is 0. The van der Waals surface area contributed by atoms with Gasteiger partial charge in [-0.1, -0.05) is 0 Å². The summed E-state index contributed by atoms with van der Waals surface area (Å²) in [6.07, 6.45) is 3.35. The van der Waals surface area contributed by atoms with Crippen LogP contribution in [0, 0.1) is 10.1 Å². The van der Waals surface area contributed by atoms with Crippen LogP contribution in [0.25, 0.3) is 0 Å². The van der Waals surface area contributed by atoms with Gasteiger partial charge in [0.1, 0.15) is 5.69 Å². The highest BCUT2D eigenvalue weighted by molar-refractivity contribution is 5.48. The molecular weight excluding hydrogens is 198 g/mol. The monoisotopic (exact) mass is 209 g/mol. The normalized spacial score (nSPS) is 15.0. The van der Waals surface area contributed by atoms with Crippen LogP contribution in [-0.2, 0) is 6.54 Å². The quantitative estimate of drug-likeness (QED) is 0.589. The summed E-state index contributed by atoms with van der Waals surface area (Å²) in [5.74, 6) is 0.229. The molecule has 1 aliphatic carbocycles. The lowest BCUT2D eigenvalue weighted by Gasteiger charge is -2.08. The van der Waals surface area contributed by atoms with Crippen LogP contribution >= 0.6 is 0 Å². The zero-order chi connectivity index (χ0) is 10.8. The summed E-state index contributed by atoms with van der Waals surface area (Å²) in [7, 11) is 0. The molecule has 1 saturated carbocycles. The molecule has 6 nitrogen and oxygen atoms in total. The maximum absolute atomic E-state index is 10.7. The van der Waals surface area contributed by atoms with Crippen molar-refractivity contribution in [3.05, 3.63) is 28.1 Å². The van der Waals surface area contributed by atoms with Gasteiger partial charge >= 0.3 is 5.69 Å². The molecule has 1 aromatic heterocycles. The van der Waals surface area contributed by atoms with E-state index in [2.05, 4.69) is 4.98 Å². The number of pyridine rings is 1. The van der Waals surface area contributed by atoms with Crippen molar-refractivity contribution in [3.63, 3.8) is 0 Å². The van der Waals surface area contributed by atoms with Crippen molar-refractivity contribution in [2.75, 3.05) is 0 Å². The van der Waals surface area contributed by atoms with Crippen molar-refractivity contribution in [3.8, 4) is 5.75 Å². The van der Waals surface area contributed by atoms with E-state index in [1.54, 1.807) is 0 Å². The molecule has 0 amide bonds. The Balaban J connectivity index is 2.38. The van der Waals surface area contributed by atoms with Gasteiger partial charge in [-0.3, -0.25) is 15.1 Å². The molecule has 1 aliphatic rings. The molecule has 0 unspecified atom stereocenters. The minimum absolute atomic E-state index is 0.0580. The highest BCUT2D eigenvalue weighted by Gasteiger charge is 2.29. The van der Waals surface area contributed by atoms with E-state index in [0.717, 1.165) is 12.8 Å². The third-order valence-electron chi connectivity index (χ3n) is 2.16. The van der Waals surface area contributed by atoms with Crippen LogP contribution in [0.2, 0.25) is 0 Å². The predicted molar refractivity (Wildman–Crippen MR) is 52.4 cm³/mol. The zero-order valence-corrected chi connectivity index (χ0v) is 8.05. The molecule has 0 aromatic carbocycles. The Morgan fingerprint density at radius 3 is 2.93 bits per heavy atom. The Morgan fingerprint density at radius 2 is 2.40 bits per heavy atom. The van der Waals surface area contributed by atoms with Gasteiger partial charge in [-0.05, 0) is 12.8 Å². The van der Waals surface area contributed by atoms with E-state index >= 15 is 0 Å². The molecule has 1 aromatic rings. The molecule has 0 radical (unpaired) electrons.